The Labute approximate surface area is 147 Å². The maximum atomic E-state index is 12.9. The van der Waals surface area contributed by atoms with Crippen molar-refractivity contribution < 1.29 is 9.53 Å². The molecule has 3 rings (SSSR count). The second kappa shape index (κ2) is 6.96. The molecule has 1 amide bonds. The molecule has 0 bridgehead atoms. The largest absolute Gasteiger partial charge is 0.380 e. The van der Waals surface area contributed by atoms with Gasteiger partial charge in [0.05, 0.1) is 16.7 Å². The summed E-state index contributed by atoms with van der Waals surface area (Å²) in [4.78, 5) is 21.1. The highest BCUT2D eigenvalue weighted by atomic mass is 35.5. The highest BCUT2D eigenvalue weighted by Crippen LogP contribution is 2.33. The molecule has 2 aliphatic rings. The third-order valence-electron chi connectivity index (χ3n) is 4.94. The van der Waals surface area contributed by atoms with E-state index in [4.69, 9.17) is 16.3 Å². The van der Waals surface area contributed by atoms with E-state index in [1.54, 1.807) is 20.2 Å². The molecule has 2 atom stereocenters. The van der Waals surface area contributed by atoms with Crippen LogP contribution in [-0.2, 0) is 9.53 Å². The summed E-state index contributed by atoms with van der Waals surface area (Å²) >= 11 is 6.10. The molecule has 6 nitrogen and oxygen atoms in total. The lowest BCUT2D eigenvalue weighted by atomic mass is 10.1. The zero-order valence-corrected chi connectivity index (χ0v) is 14.7. The zero-order valence-electron chi connectivity index (χ0n) is 14.0. The molecule has 0 unspecified atom stereocenters. The van der Waals surface area contributed by atoms with Crippen molar-refractivity contribution in [1.29, 1.82) is 5.26 Å². The van der Waals surface area contributed by atoms with Crippen LogP contribution in [-0.4, -0.2) is 54.7 Å². The fourth-order valence-electron chi connectivity index (χ4n) is 3.50. The average molecular weight is 349 g/mol. The molecule has 7 heteroatoms. The molecule has 0 spiro atoms. The molecule has 2 saturated heterocycles. The van der Waals surface area contributed by atoms with Gasteiger partial charge in [-0.3, -0.25) is 4.79 Å². The van der Waals surface area contributed by atoms with Gasteiger partial charge in [0.1, 0.15) is 17.9 Å². The van der Waals surface area contributed by atoms with Crippen molar-refractivity contribution in [3.63, 3.8) is 0 Å². The van der Waals surface area contributed by atoms with Gasteiger partial charge >= 0.3 is 0 Å². The van der Waals surface area contributed by atoms with Crippen LogP contribution in [0.25, 0.3) is 0 Å². The summed E-state index contributed by atoms with van der Waals surface area (Å²) in [7, 11) is 1.65. The van der Waals surface area contributed by atoms with Crippen LogP contribution in [0.2, 0.25) is 5.02 Å². The summed E-state index contributed by atoms with van der Waals surface area (Å²) in [6.07, 6.45) is 4.21. The van der Waals surface area contributed by atoms with Crippen molar-refractivity contribution in [3.8, 4) is 6.07 Å². The Hall–Kier alpha value is -1.84. The van der Waals surface area contributed by atoms with Gasteiger partial charge in [0.25, 0.3) is 0 Å². The highest BCUT2D eigenvalue weighted by molar-refractivity contribution is 6.31. The normalized spacial score (nSPS) is 23.6. The minimum absolute atomic E-state index is 0.0501. The van der Waals surface area contributed by atoms with Crippen LogP contribution in [0.1, 0.15) is 30.4 Å². The number of anilines is 1. The predicted molar refractivity (Wildman–Crippen MR) is 91.1 cm³/mol. The Morgan fingerprint density at radius 2 is 2.17 bits per heavy atom. The molecular formula is C17H21ClN4O2. The average Bonchev–Trinajstić information content (AvgIpc) is 3.26. The minimum Gasteiger partial charge on any atom is -0.380 e. The van der Waals surface area contributed by atoms with Crippen molar-refractivity contribution in [2.75, 3.05) is 31.6 Å². The van der Waals surface area contributed by atoms with Gasteiger partial charge in [0.15, 0.2) is 0 Å². The Morgan fingerprint density at radius 1 is 1.46 bits per heavy atom. The Balaban J connectivity index is 1.96. The van der Waals surface area contributed by atoms with E-state index in [0.29, 0.717) is 34.9 Å². The number of halogens is 1. The van der Waals surface area contributed by atoms with Crippen LogP contribution < -0.4 is 4.90 Å². The number of amides is 1. The number of nitriles is 1. The number of pyridine rings is 1. The van der Waals surface area contributed by atoms with Gasteiger partial charge in [-0.05, 0) is 25.3 Å². The Kier molecular flexibility index (Phi) is 4.93. The number of carbonyl (C=O) groups is 1. The lowest BCUT2D eigenvalue weighted by molar-refractivity contribution is -0.131. The van der Waals surface area contributed by atoms with Gasteiger partial charge in [-0.25, -0.2) is 4.98 Å². The van der Waals surface area contributed by atoms with E-state index < -0.39 is 0 Å². The van der Waals surface area contributed by atoms with Crippen LogP contribution in [0.15, 0.2) is 6.20 Å². The van der Waals surface area contributed by atoms with Crippen LogP contribution in [0.3, 0.4) is 0 Å². The molecule has 2 fully saturated rings. The summed E-state index contributed by atoms with van der Waals surface area (Å²) < 4.78 is 5.48. The number of aromatic nitrogens is 1. The zero-order chi connectivity index (χ0) is 17.3. The van der Waals surface area contributed by atoms with Gasteiger partial charge in [-0.15, -0.1) is 0 Å². The van der Waals surface area contributed by atoms with Gasteiger partial charge in [-0.2, -0.15) is 5.26 Å². The molecule has 3 heterocycles. The first-order valence-electron chi connectivity index (χ1n) is 8.20. The quantitative estimate of drug-likeness (QED) is 0.837. The lowest BCUT2D eigenvalue weighted by Gasteiger charge is -2.29. The van der Waals surface area contributed by atoms with Crippen LogP contribution >= 0.6 is 11.6 Å². The summed E-state index contributed by atoms with van der Waals surface area (Å²) in [5.74, 6) is 0.627. The molecule has 1 aromatic rings. The number of hydrogen-bond acceptors (Lipinski definition) is 5. The van der Waals surface area contributed by atoms with Crippen LogP contribution in [0, 0.1) is 18.3 Å². The maximum Gasteiger partial charge on any atom is 0.245 e. The number of methoxy groups -OCH3 is 1. The van der Waals surface area contributed by atoms with Crippen LogP contribution in [0.5, 0.6) is 0 Å². The number of rotatable bonds is 3. The van der Waals surface area contributed by atoms with Crippen molar-refractivity contribution >= 4 is 23.3 Å². The maximum absolute atomic E-state index is 12.9. The standard InChI is InChI=1S/C17H21ClN4O2/c1-11-13(8-19)16(20-9-14(11)18)22-10-12(24-2)7-15(22)17(23)21-5-3-4-6-21/h9,12,15H,3-7,10H2,1-2H3/t12-,15-/m0/s1. The fourth-order valence-corrected chi connectivity index (χ4v) is 3.65. The first-order chi connectivity index (χ1) is 11.6. The molecule has 0 aliphatic carbocycles. The molecule has 0 N–H and O–H groups in total. The second-order valence-corrected chi connectivity index (χ2v) is 6.74. The fraction of sp³-hybridized carbons (Fsp3) is 0.588. The van der Waals surface area contributed by atoms with Crippen molar-refractivity contribution in [2.24, 2.45) is 0 Å². The smallest absolute Gasteiger partial charge is 0.245 e. The topological polar surface area (TPSA) is 69.5 Å². The first kappa shape index (κ1) is 17.0. The summed E-state index contributed by atoms with van der Waals surface area (Å²) in [6, 6.07) is 1.85. The third kappa shape index (κ3) is 2.94. The molecule has 2 aliphatic heterocycles. The van der Waals surface area contributed by atoms with Gasteiger partial charge < -0.3 is 14.5 Å². The molecule has 0 radical (unpaired) electrons. The van der Waals surface area contributed by atoms with Crippen LogP contribution in [0.4, 0.5) is 5.82 Å². The number of ether oxygens (including phenoxy) is 1. The van der Waals surface area contributed by atoms with E-state index in [1.807, 2.05) is 9.80 Å². The minimum atomic E-state index is -0.340. The highest BCUT2D eigenvalue weighted by Gasteiger charge is 2.41. The summed E-state index contributed by atoms with van der Waals surface area (Å²) in [5.41, 5.74) is 1.12. The van der Waals surface area contributed by atoms with Gasteiger partial charge in [0, 0.05) is 39.4 Å². The van der Waals surface area contributed by atoms with Crippen molar-refractivity contribution in [3.05, 3.63) is 22.3 Å². The second-order valence-electron chi connectivity index (χ2n) is 6.34. The Bertz CT molecular complexity index is 682. The van der Waals surface area contributed by atoms with E-state index in [1.165, 1.54) is 0 Å². The van der Waals surface area contributed by atoms with E-state index in [2.05, 4.69) is 11.1 Å². The molecule has 0 saturated carbocycles. The van der Waals surface area contributed by atoms with Crippen molar-refractivity contribution in [2.45, 2.75) is 38.3 Å². The van der Waals surface area contributed by atoms with E-state index in [-0.39, 0.29) is 18.1 Å². The molecule has 128 valence electrons. The van der Waals surface area contributed by atoms with Crippen molar-refractivity contribution in [1.82, 2.24) is 9.88 Å². The number of carbonyl (C=O) groups excluding carboxylic acids is 1. The molecule has 1 aromatic heterocycles. The van der Waals surface area contributed by atoms with Gasteiger partial charge in [0.2, 0.25) is 5.91 Å². The molecular weight excluding hydrogens is 328 g/mol. The monoisotopic (exact) mass is 348 g/mol. The predicted octanol–water partition coefficient (Wildman–Crippen LogP) is 2.13. The van der Waals surface area contributed by atoms with E-state index >= 15 is 0 Å². The summed E-state index contributed by atoms with van der Waals surface area (Å²) in [5, 5.41) is 10.0. The lowest BCUT2D eigenvalue weighted by Crippen LogP contribution is -2.45. The molecule has 0 aromatic carbocycles. The molecule has 24 heavy (non-hydrogen) atoms. The Morgan fingerprint density at radius 3 is 2.79 bits per heavy atom. The summed E-state index contributed by atoms with van der Waals surface area (Å²) in [6.45, 7) is 3.95. The van der Waals surface area contributed by atoms with Gasteiger partial charge in [-0.1, -0.05) is 11.6 Å². The number of nitrogens with zero attached hydrogens (tertiary/aromatic N) is 4. The first-order valence-corrected chi connectivity index (χ1v) is 8.58. The SMILES string of the molecule is CO[C@H]1C[C@@H](C(=O)N2CCCC2)N(c2ncc(Cl)c(C)c2C#N)C1. The van der Waals surface area contributed by atoms with E-state index in [0.717, 1.165) is 25.9 Å². The van der Waals surface area contributed by atoms with E-state index in [9.17, 15) is 10.1 Å². The number of likely N-dealkylation sites (tertiary alicyclic amines) is 1. The third-order valence-corrected chi connectivity index (χ3v) is 5.32. The number of hydrogen-bond donors (Lipinski definition) is 0.